The van der Waals surface area contributed by atoms with Crippen LogP contribution in [0, 0.1) is 33.3 Å². The summed E-state index contributed by atoms with van der Waals surface area (Å²) in [7, 11) is 1.69. The first-order valence-corrected chi connectivity index (χ1v) is 19.9. The number of nitrogens with zero attached hydrogens (tertiary/aromatic N) is 3. The third-order valence-corrected chi connectivity index (χ3v) is 10.9. The number of amides is 1. The second-order valence-electron chi connectivity index (χ2n) is 16.3. The van der Waals surface area contributed by atoms with Gasteiger partial charge >= 0.3 is 6.09 Å². The summed E-state index contributed by atoms with van der Waals surface area (Å²) in [4.78, 5) is 32.4. The lowest BCUT2D eigenvalue weighted by molar-refractivity contribution is -0.384. The van der Waals surface area contributed by atoms with Crippen LogP contribution in [-0.4, -0.2) is 83.8 Å². The van der Waals surface area contributed by atoms with E-state index in [1.807, 2.05) is 39.0 Å². The van der Waals surface area contributed by atoms with Crippen molar-refractivity contribution >= 4 is 17.5 Å². The van der Waals surface area contributed by atoms with Crippen LogP contribution in [0.2, 0.25) is 0 Å². The largest absolute Gasteiger partial charge is 0.490 e. The zero-order chi connectivity index (χ0) is 41.2. The number of ether oxygens (including phenoxy) is 4. The summed E-state index contributed by atoms with van der Waals surface area (Å²) in [6, 6.07) is 11.2. The van der Waals surface area contributed by atoms with E-state index in [0.717, 1.165) is 36.8 Å². The van der Waals surface area contributed by atoms with E-state index in [1.54, 1.807) is 36.2 Å². The fourth-order valence-corrected chi connectivity index (χ4v) is 8.38. The summed E-state index contributed by atoms with van der Waals surface area (Å²) in [6.45, 7) is 14.6. The molecule has 0 radical (unpaired) electrons. The molecule has 1 heterocycles. The predicted molar refractivity (Wildman–Crippen MR) is 217 cm³/mol. The maximum atomic E-state index is 14.0. The van der Waals surface area contributed by atoms with Crippen LogP contribution >= 0.6 is 0 Å². The smallest absolute Gasteiger partial charge is 0.410 e. The van der Waals surface area contributed by atoms with E-state index in [2.05, 4.69) is 19.2 Å². The van der Waals surface area contributed by atoms with Crippen LogP contribution in [0.5, 0.6) is 11.5 Å². The number of oxime groups is 1. The Labute approximate surface area is 336 Å². The number of carbonyl (C=O) groups is 1. The molecule has 0 aromatic heterocycles. The number of hydrogen-bond acceptors (Lipinski definition) is 11. The average Bonchev–Trinajstić information content (AvgIpc) is 3.19. The van der Waals surface area contributed by atoms with Gasteiger partial charge in [0.05, 0.1) is 29.8 Å². The number of aliphatic hydroxyl groups excluding tert-OH is 2. The number of rotatable bonds is 20. The molecule has 1 aliphatic heterocycles. The molecule has 1 saturated carbocycles. The van der Waals surface area contributed by atoms with Gasteiger partial charge in [0, 0.05) is 50.3 Å². The topological polar surface area (TPSA) is 162 Å². The third kappa shape index (κ3) is 10.2. The van der Waals surface area contributed by atoms with E-state index in [-0.39, 0.29) is 68.3 Å². The van der Waals surface area contributed by atoms with Crippen molar-refractivity contribution in [1.29, 1.82) is 0 Å². The van der Waals surface area contributed by atoms with Crippen LogP contribution in [0.25, 0.3) is 0 Å². The first kappa shape index (κ1) is 43.4. The fraction of sp³-hybridized carbons (Fsp3) is 0.545. The maximum absolute atomic E-state index is 14.0. The molecule has 6 unspecified atom stereocenters. The highest BCUT2D eigenvalue weighted by Crippen LogP contribution is 2.61. The number of nitro benzene ring substituents is 1. The lowest BCUT2D eigenvalue weighted by Gasteiger charge is -2.59. The molecule has 5 rings (SSSR count). The average molecular weight is 790 g/mol. The van der Waals surface area contributed by atoms with E-state index < -0.39 is 28.8 Å². The molecular weight excluding hydrogens is 730 g/mol. The van der Waals surface area contributed by atoms with Gasteiger partial charge < -0.3 is 38.9 Å². The van der Waals surface area contributed by atoms with Crippen LogP contribution in [-0.2, 0) is 20.9 Å². The number of unbranched alkanes of at least 4 members (excludes halogenated alkanes) is 2. The highest BCUT2D eigenvalue weighted by Gasteiger charge is 2.65. The number of allylic oxidation sites excluding steroid dienone is 1. The van der Waals surface area contributed by atoms with Crippen molar-refractivity contribution in [1.82, 2.24) is 4.90 Å². The van der Waals surface area contributed by atoms with Gasteiger partial charge in [0.15, 0.2) is 0 Å². The molecule has 310 valence electrons. The number of nitro groups is 1. The van der Waals surface area contributed by atoms with Crippen molar-refractivity contribution in [3.8, 4) is 11.5 Å². The SMILES string of the molecule is C=CCOc1ccc2c(c1)C1C(CCCCO)C(CCCCO)C=C3C(=NOCc4ccc([N+](=O)[O-])cc4)CC(N(C)C(=O)OCC(C)(C)C)C(OCC=C)(O2)C31. The molecule has 6 atom stereocenters. The predicted octanol–water partition coefficient (Wildman–Crippen LogP) is 8.11. The molecule has 0 saturated heterocycles. The van der Waals surface area contributed by atoms with Crippen molar-refractivity contribution < 1.29 is 43.7 Å². The molecule has 0 spiro atoms. The Morgan fingerprint density at radius 2 is 1.75 bits per heavy atom. The van der Waals surface area contributed by atoms with Crippen LogP contribution in [0.4, 0.5) is 10.5 Å². The molecule has 57 heavy (non-hydrogen) atoms. The minimum Gasteiger partial charge on any atom is -0.490 e. The Kier molecular flexibility index (Phi) is 14.9. The van der Waals surface area contributed by atoms with Crippen molar-refractivity contribution in [2.75, 3.05) is 40.1 Å². The van der Waals surface area contributed by atoms with Gasteiger partial charge in [-0.1, -0.05) is 63.6 Å². The summed E-state index contributed by atoms with van der Waals surface area (Å²) in [6.07, 6.45) is 9.78. The molecule has 1 fully saturated rings. The van der Waals surface area contributed by atoms with Gasteiger partial charge in [0.1, 0.15) is 30.8 Å². The fourth-order valence-electron chi connectivity index (χ4n) is 8.38. The van der Waals surface area contributed by atoms with Crippen molar-refractivity contribution in [2.45, 2.75) is 90.1 Å². The van der Waals surface area contributed by atoms with Crippen molar-refractivity contribution in [3.05, 3.63) is 101 Å². The normalized spacial score (nSPS) is 24.3. The van der Waals surface area contributed by atoms with Crippen LogP contribution in [0.15, 0.2) is 84.6 Å². The summed E-state index contributed by atoms with van der Waals surface area (Å²) in [5, 5.41) is 35.7. The molecule has 2 aromatic carbocycles. The molecule has 13 nitrogen and oxygen atoms in total. The Balaban J connectivity index is 1.71. The summed E-state index contributed by atoms with van der Waals surface area (Å²) >= 11 is 0. The second kappa shape index (κ2) is 19.6. The molecule has 2 N–H and O–H groups in total. The summed E-state index contributed by atoms with van der Waals surface area (Å²) < 4.78 is 26.0. The van der Waals surface area contributed by atoms with Crippen molar-refractivity contribution in [2.24, 2.45) is 28.3 Å². The zero-order valence-electron chi connectivity index (χ0n) is 33.8. The van der Waals surface area contributed by atoms with Gasteiger partial charge in [-0.15, -0.1) is 6.58 Å². The molecule has 3 aliphatic rings. The van der Waals surface area contributed by atoms with E-state index >= 15 is 0 Å². The quantitative estimate of drug-likeness (QED) is 0.0580. The Morgan fingerprint density at radius 3 is 2.40 bits per heavy atom. The first-order valence-electron chi connectivity index (χ1n) is 19.9. The molecule has 2 aromatic rings. The minimum atomic E-state index is -1.42. The van der Waals surface area contributed by atoms with Crippen LogP contribution < -0.4 is 9.47 Å². The number of carbonyl (C=O) groups excluding carboxylic acids is 1. The Morgan fingerprint density at radius 1 is 1.05 bits per heavy atom. The number of benzene rings is 2. The van der Waals surface area contributed by atoms with Gasteiger partial charge in [0.2, 0.25) is 5.79 Å². The van der Waals surface area contributed by atoms with Crippen LogP contribution in [0.1, 0.15) is 82.8 Å². The maximum Gasteiger partial charge on any atom is 0.410 e. The molecular formula is C44H59N3O10. The van der Waals surface area contributed by atoms with Gasteiger partial charge in [0.25, 0.3) is 5.69 Å². The molecule has 1 amide bonds. The zero-order valence-corrected chi connectivity index (χ0v) is 33.8. The van der Waals surface area contributed by atoms with Gasteiger partial charge in [-0.05, 0) is 84.4 Å². The van der Waals surface area contributed by atoms with E-state index in [1.165, 1.54) is 12.1 Å². The Bertz CT molecular complexity index is 1770. The van der Waals surface area contributed by atoms with E-state index in [4.69, 9.17) is 28.9 Å². The highest BCUT2D eigenvalue weighted by molar-refractivity contribution is 6.02. The van der Waals surface area contributed by atoms with Gasteiger partial charge in [-0.25, -0.2) is 4.79 Å². The molecule has 2 aliphatic carbocycles. The Hall–Kier alpha value is -4.72. The van der Waals surface area contributed by atoms with Gasteiger partial charge in [-0.3, -0.25) is 10.1 Å². The summed E-state index contributed by atoms with van der Waals surface area (Å²) in [5.74, 6) is -0.749. The highest BCUT2D eigenvalue weighted by atomic mass is 16.7. The number of likely N-dealkylation sites (N-methyl/N-ethyl adjacent to an activating group) is 1. The first-order chi connectivity index (χ1) is 27.4. The second-order valence-corrected chi connectivity index (χ2v) is 16.3. The third-order valence-electron chi connectivity index (χ3n) is 10.9. The number of non-ortho nitro benzene ring substituents is 1. The van der Waals surface area contributed by atoms with E-state index in [9.17, 15) is 25.1 Å². The number of hydrogen-bond donors (Lipinski definition) is 2. The molecule has 0 bridgehead atoms. The van der Waals surface area contributed by atoms with E-state index in [0.29, 0.717) is 42.2 Å². The number of aliphatic hydroxyl groups is 2. The lowest BCUT2D eigenvalue weighted by atomic mass is 9.55. The minimum absolute atomic E-state index is 0.0211. The number of fused-ring (bicyclic) bond motifs is 2. The monoisotopic (exact) mass is 789 g/mol. The van der Waals surface area contributed by atoms with Crippen LogP contribution in [0.3, 0.4) is 0 Å². The molecule has 13 heteroatoms. The lowest BCUT2D eigenvalue weighted by Crippen LogP contribution is -2.69. The van der Waals surface area contributed by atoms with Crippen molar-refractivity contribution in [3.63, 3.8) is 0 Å². The summed E-state index contributed by atoms with van der Waals surface area (Å²) in [5.41, 5.74) is 2.85. The standard InChI is InChI=1S/C44H59N3O10/c1-7-23-53-33-19-20-38-36(26-33)40-34(14-10-12-22-49)31(13-9-11-21-48)25-35-37(45-56-28-30-15-17-32(18-16-30)47(51)52)27-39(44(57-38,41(35)40)55-24-8-2)46(6)42(50)54-29-43(3,4)5/h7-8,15-20,25-26,31,34,39-41,48-49H,1-2,9-14,21-24,27-29H2,3-6H3. The van der Waals surface area contributed by atoms with Gasteiger partial charge in [-0.2, -0.15) is 0 Å².